The van der Waals surface area contributed by atoms with Gasteiger partial charge in [-0.25, -0.2) is 0 Å². The largest absolute Gasteiger partial charge is 0.467 e. The van der Waals surface area contributed by atoms with Gasteiger partial charge in [-0.3, -0.25) is 14.5 Å². The van der Waals surface area contributed by atoms with Gasteiger partial charge in [-0.1, -0.05) is 18.2 Å². The number of imide groups is 1. The summed E-state index contributed by atoms with van der Waals surface area (Å²) in [4.78, 5) is 25.1. The summed E-state index contributed by atoms with van der Waals surface area (Å²) in [5, 5.41) is 0. The molecule has 90 valence electrons. The van der Waals surface area contributed by atoms with Crippen molar-refractivity contribution in [1.29, 1.82) is 0 Å². The van der Waals surface area contributed by atoms with E-state index in [4.69, 9.17) is 4.42 Å². The number of nitrogens with zero attached hydrogens (tertiary/aromatic N) is 1. The standard InChI is InChI=1S/C14H11NO3/c16-13-9-11(12-7-4-8-18-12)15(13)14(17)10-5-2-1-3-6-10/h1-8,11H,9H2/t11-/m0/s1. The summed E-state index contributed by atoms with van der Waals surface area (Å²) in [5.41, 5.74) is 0.516. The van der Waals surface area contributed by atoms with Gasteiger partial charge >= 0.3 is 0 Å². The van der Waals surface area contributed by atoms with Crippen molar-refractivity contribution in [3.63, 3.8) is 0 Å². The Bertz CT molecular complexity index is 574. The molecule has 0 saturated carbocycles. The minimum Gasteiger partial charge on any atom is -0.467 e. The molecule has 1 aliphatic rings. The van der Waals surface area contributed by atoms with Crippen LogP contribution in [0.5, 0.6) is 0 Å². The van der Waals surface area contributed by atoms with Crippen LogP contribution in [0.3, 0.4) is 0 Å². The average molecular weight is 241 g/mol. The zero-order chi connectivity index (χ0) is 12.5. The first kappa shape index (κ1) is 10.8. The fourth-order valence-corrected chi connectivity index (χ4v) is 2.10. The molecule has 0 aliphatic carbocycles. The summed E-state index contributed by atoms with van der Waals surface area (Å²) in [7, 11) is 0. The third-order valence-corrected chi connectivity index (χ3v) is 3.06. The van der Waals surface area contributed by atoms with Crippen LogP contribution < -0.4 is 0 Å². The molecule has 1 saturated heterocycles. The lowest BCUT2D eigenvalue weighted by molar-refractivity contribution is -0.142. The second-order valence-electron chi connectivity index (χ2n) is 4.17. The lowest BCUT2D eigenvalue weighted by atomic mass is 9.98. The lowest BCUT2D eigenvalue weighted by Crippen LogP contribution is -2.49. The van der Waals surface area contributed by atoms with Crippen LogP contribution in [0.4, 0.5) is 0 Å². The van der Waals surface area contributed by atoms with Crippen molar-refractivity contribution in [3.05, 3.63) is 60.1 Å². The number of rotatable bonds is 2. The molecule has 0 spiro atoms. The number of hydrogen-bond donors (Lipinski definition) is 0. The third kappa shape index (κ3) is 1.62. The van der Waals surface area contributed by atoms with Gasteiger partial charge in [0.1, 0.15) is 11.8 Å². The minimum absolute atomic E-state index is 0.162. The van der Waals surface area contributed by atoms with E-state index >= 15 is 0 Å². The van der Waals surface area contributed by atoms with Crippen LogP contribution in [0.25, 0.3) is 0 Å². The molecule has 4 heteroatoms. The predicted molar refractivity (Wildman–Crippen MR) is 63.7 cm³/mol. The first-order valence-corrected chi connectivity index (χ1v) is 5.72. The van der Waals surface area contributed by atoms with Crippen LogP contribution in [0.1, 0.15) is 28.6 Å². The third-order valence-electron chi connectivity index (χ3n) is 3.06. The molecular formula is C14H11NO3. The van der Waals surface area contributed by atoms with E-state index in [1.807, 2.05) is 6.07 Å². The number of furan rings is 1. The molecule has 0 N–H and O–H groups in total. The molecule has 4 nitrogen and oxygen atoms in total. The fourth-order valence-electron chi connectivity index (χ4n) is 2.10. The number of carbonyl (C=O) groups is 2. The minimum atomic E-state index is -0.270. The SMILES string of the molecule is O=C1C[C@@H](c2ccco2)N1C(=O)c1ccccc1. The van der Waals surface area contributed by atoms with Gasteiger partial charge in [0.25, 0.3) is 5.91 Å². The van der Waals surface area contributed by atoms with Gasteiger partial charge in [0, 0.05) is 5.56 Å². The smallest absolute Gasteiger partial charge is 0.261 e. The second kappa shape index (κ2) is 4.14. The normalized spacial score (nSPS) is 18.6. The van der Waals surface area contributed by atoms with Gasteiger partial charge in [0.05, 0.1) is 12.7 Å². The molecular weight excluding hydrogens is 230 g/mol. The molecule has 1 atom stereocenters. The number of likely N-dealkylation sites (tertiary alicyclic amines) is 1. The van der Waals surface area contributed by atoms with Crippen molar-refractivity contribution in [2.24, 2.45) is 0 Å². The fraction of sp³-hybridized carbons (Fsp3) is 0.143. The first-order chi connectivity index (χ1) is 8.77. The van der Waals surface area contributed by atoms with Gasteiger partial charge in [0.15, 0.2) is 0 Å². The zero-order valence-electron chi connectivity index (χ0n) is 9.58. The van der Waals surface area contributed by atoms with E-state index in [2.05, 4.69) is 0 Å². The summed E-state index contributed by atoms with van der Waals surface area (Å²) in [6.07, 6.45) is 1.87. The van der Waals surface area contributed by atoms with Crippen molar-refractivity contribution in [3.8, 4) is 0 Å². The summed E-state index contributed by atoms with van der Waals surface area (Å²) in [6.45, 7) is 0. The lowest BCUT2D eigenvalue weighted by Gasteiger charge is -2.37. The molecule has 18 heavy (non-hydrogen) atoms. The summed E-state index contributed by atoms with van der Waals surface area (Å²) >= 11 is 0. The Hall–Kier alpha value is -2.36. The number of hydrogen-bond acceptors (Lipinski definition) is 3. The highest BCUT2D eigenvalue weighted by Gasteiger charge is 2.43. The summed E-state index contributed by atoms with van der Waals surface area (Å²) in [6, 6.07) is 12.1. The maximum atomic E-state index is 12.2. The van der Waals surface area contributed by atoms with Crippen molar-refractivity contribution in [1.82, 2.24) is 4.90 Å². The Balaban J connectivity index is 1.87. The number of β-lactam (4-membered cyclic amide) rings is 1. The van der Waals surface area contributed by atoms with E-state index in [1.54, 1.807) is 42.7 Å². The first-order valence-electron chi connectivity index (χ1n) is 5.72. The van der Waals surface area contributed by atoms with Crippen LogP contribution >= 0.6 is 0 Å². The van der Waals surface area contributed by atoms with Gasteiger partial charge in [-0.05, 0) is 24.3 Å². The van der Waals surface area contributed by atoms with Crippen molar-refractivity contribution >= 4 is 11.8 Å². The molecule has 2 amide bonds. The van der Waals surface area contributed by atoms with Gasteiger partial charge in [0.2, 0.25) is 5.91 Å². The quantitative estimate of drug-likeness (QED) is 0.599. The summed E-state index contributed by atoms with van der Waals surface area (Å²) < 4.78 is 5.26. The van der Waals surface area contributed by atoms with Crippen LogP contribution in [-0.2, 0) is 4.79 Å². The summed E-state index contributed by atoms with van der Waals surface area (Å²) in [5.74, 6) is 0.220. The molecule has 1 aromatic carbocycles. The van der Waals surface area contributed by atoms with Crippen LogP contribution in [-0.4, -0.2) is 16.7 Å². The van der Waals surface area contributed by atoms with E-state index < -0.39 is 0 Å². The predicted octanol–water partition coefficient (Wildman–Crippen LogP) is 2.39. The molecule has 1 fully saturated rings. The van der Waals surface area contributed by atoms with Gasteiger partial charge < -0.3 is 4.42 Å². The zero-order valence-corrected chi connectivity index (χ0v) is 9.58. The number of carbonyl (C=O) groups excluding carboxylic acids is 2. The second-order valence-corrected chi connectivity index (χ2v) is 4.17. The van der Waals surface area contributed by atoms with Crippen molar-refractivity contribution in [2.75, 3.05) is 0 Å². The van der Waals surface area contributed by atoms with E-state index in [-0.39, 0.29) is 17.9 Å². The van der Waals surface area contributed by atoms with E-state index in [1.165, 1.54) is 4.90 Å². The highest BCUT2D eigenvalue weighted by Crippen LogP contribution is 2.35. The van der Waals surface area contributed by atoms with Crippen molar-refractivity contribution in [2.45, 2.75) is 12.5 Å². The van der Waals surface area contributed by atoms with Gasteiger partial charge in [-0.2, -0.15) is 0 Å². The van der Waals surface area contributed by atoms with Crippen molar-refractivity contribution < 1.29 is 14.0 Å². The topological polar surface area (TPSA) is 50.5 Å². The maximum Gasteiger partial charge on any atom is 0.261 e. The molecule has 2 heterocycles. The Kier molecular flexibility index (Phi) is 2.48. The highest BCUT2D eigenvalue weighted by atomic mass is 16.3. The van der Waals surface area contributed by atoms with E-state index in [0.717, 1.165) is 0 Å². The van der Waals surface area contributed by atoms with Crippen LogP contribution in [0, 0.1) is 0 Å². The average Bonchev–Trinajstić information content (AvgIpc) is 2.90. The highest BCUT2D eigenvalue weighted by molar-refractivity contribution is 6.08. The van der Waals surface area contributed by atoms with Crippen LogP contribution in [0.15, 0.2) is 53.1 Å². The Morgan fingerprint density at radius 2 is 1.94 bits per heavy atom. The molecule has 0 unspecified atom stereocenters. The number of benzene rings is 1. The Morgan fingerprint density at radius 3 is 2.56 bits per heavy atom. The monoisotopic (exact) mass is 241 g/mol. The molecule has 3 rings (SSSR count). The molecule has 1 aliphatic heterocycles. The Labute approximate surface area is 104 Å². The van der Waals surface area contributed by atoms with Crippen LogP contribution in [0.2, 0.25) is 0 Å². The van der Waals surface area contributed by atoms with E-state index in [9.17, 15) is 9.59 Å². The molecule has 2 aromatic rings. The molecule has 1 aromatic heterocycles. The van der Waals surface area contributed by atoms with Gasteiger partial charge in [-0.15, -0.1) is 0 Å². The number of amides is 2. The van der Waals surface area contributed by atoms with E-state index in [0.29, 0.717) is 17.7 Å². The molecule has 0 bridgehead atoms. The Morgan fingerprint density at radius 1 is 1.17 bits per heavy atom. The maximum absolute atomic E-state index is 12.2. The molecule has 0 radical (unpaired) electrons.